The van der Waals surface area contributed by atoms with Crippen LogP contribution >= 0.6 is 0 Å². The van der Waals surface area contributed by atoms with Crippen LogP contribution in [0.4, 0.5) is 0 Å². The highest BCUT2D eigenvalue weighted by atomic mass is 32.2. The van der Waals surface area contributed by atoms with E-state index in [1.807, 2.05) is 18.2 Å². The number of carbonyl (C=O) groups is 2. The van der Waals surface area contributed by atoms with Gasteiger partial charge in [-0.25, -0.2) is 12.7 Å². The van der Waals surface area contributed by atoms with E-state index in [2.05, 4.69) is 5.32 Å². The minimum Gasteiger partial charge on any atom is -0.349 e. The van der Waals surface area contributed by atoms with E-state index < -0.39 is 10.0 Å². The number of likely N-dealkylation sites (tertiary alicyclic amines) is 1. The van der Waals surface area contributed by atoms with E-state index in [9.17, 15) is 18.0 Å². The average Bonchev–Trinajstić information content (AvgIpc) is 2.74. The molecule has 154 valence electrons. The summed E-state index contributed by atoms with van der Waals surface area (Å²) in [4.78, 5) is 26.9. The number of carbonyl (C=O) groups excluding carboxylic acids is 2. The molecule has 2 aromatic carbocycles. The molecule has 1 N–H and O–H groups in total. The monoisotopic (exact) mass is 415 g/mol. The molecule has 0 aliphatic carbocycles. The number of rotatable bonds is 5. The molecule has 2 amide bonds. The van der Waals surface area contributed by atoms with Crippen LogP contribution < -0.4 is 5.32 Å². The van der Waals surface area contributed by atoms with Crippen molar-refractivity contribution in [2.75, 3.05) is 27.2 Å². The third-order valence-corrected chi connectivity index (χ3v) is 6.86. The van der Waals surface area contributed by atoms with Crippen molar-refractivity contribution in [3.8, 4) is 0 Å². The van der Waals surface area contributed by atoms with Gasteiger partial charge in [0.1, 0.15) is 0 Å². The molecule has 0 atom stereocenters. The zero-order valence-electron chi connectivity index (χ0n) is 16.5. The van der Waals surface area contributed by atoms with Crippen molar-refractivity contribution in [2.45, 2.75) is 23.8 Å². The van der Waals surface area contributed by atoms with Crippen molar-refractivity contribution in [3.63, 3.8) is 0 Å². The number of hydrogen-bond donors (Lipinski definition) is 1. The van der Waals surface area contributed by atoms with Gasteiger partial charge in [0, 0.05) is 44.4 Å². The summed E-state index contributed by atoms with van der Waals surface area (Å²) in [6, 6.07) is 15.1. The molecule has 0 radical (unpaired) electrons. The SMILES string of the molecule is CN(C)S(=O)(=O)c1ccc(C(=O)N2CCC(NC(=O)c3ccccc3)CC2)cc1. The zero-order chi connectivity index (χ0) is 21.0. The highest BCUT2D eigenvalue weighted by molar-refractivity contribution is 7.89. The Morgan fingerprint density at radius 1 is 0.931 bits per heavy atom. The van der Waals surface area contributed by atoms with Gasteiger partial charge in [0.25, 0.3) is 11.8 Å². The molecule has 0 aromatic heterocycles. The van der Waals surface area contributed by atoms with E-state index in [0.717, 1.165) is 4.31 Å². The first kappa shape index (κ1) is 21.0. The summed E-state index contributed by atoms with van der Waals surface area (Å²) in [5.74, 6) is -0.236. The smallest absolute Gasteiger partial charge is 0.253 e. The van der Waals surface area contributed by atoms with Gasteiger partial charge in [-0.1, -0.05) is 18.2 Å². The first-order valence-electron chi connectivity index (χ1n) is 9.47. The Balaban J connectivity index is 1.57. The molecule has 1 aliphatic heterocycles. The van der Waals surface area contributed by atoms with Gasteiger partial charge >= 0.3 is 0 Å². The summed E-state index contributed by atoms with van der Waals surface area (Å²) in [6.07, 6.45) is 1.36. The first-order valence-corrected chi connectivity index (χ1v) is 10.9. The molecule has 1 heterocycles. The van der Waals surface area contributed by atoms with Gasteiger partial charge in [-0.3, -0.25) is 9.59 Å². The fraction of sp³-hybridized carbons (Fsp3) is 0.333. The molecule has 2 aromatic rings. The van der Waals surface area contributed by atoms with Crippen LogP contribution in [0.2, 0.25) is 0 Å². The van der Waals surface area contributed by atoms with Gasteiger partial charge in [0.15, 0.2) is 0 Å². The summed E-state index contributed by atoms with van der Waals surface area (Å²) < 4.78 is 25.4. The minimum absolute atomic E-state index is 0.0272. The molecule has 3 rings (SSSR count). The van der Waals surface area contributed by atoms with Crippen molar-refractivity contribution >= 4 is 21.8 Å². The molecular formula is C21H25N3O4S. The molecule has 0 spiro atoms. The fourth-order valence-electron chi connectivity index (χ4n) is 3.25. The normalized spacial score (nSPS) is 15.3. The highest BCUT2D eigenvalue weighted by Gasteiger charge is 2.25. The van der Waals surface area contributed by atoms with Gasteiger partial charge in [0.05, 0.1) is 4.90 Å². The zero-order valence-corrected chi connectivity index (χ0v) is 17.4. The highest BCUT2D eigenvalue weighted by Crippen LogP contribution is 2.18. The third kappa shape index (κ3) is 4.83. The standard InChI is InChI=1S/C21H25N3O4S/c1-23(2)29(27,28)19-10-8-17(9-11-19)21(26)24-14-12-18(13-15-24)22-20(25)16-6-4-3-5-7-16/h3-11,18H,12-15H2,1-2H3,(H,22,25). The summed E-state index contributed by atoms with van der Waals surface area (Å²) >= 11 is 0. The maximum atomic E-state index is 12.7. The molecule has 1 saturated heterocycles. The predicted octanol–water partition coefficient (Wildman–Crippen LogP) is 1.97. The molecular weight excluding hydrogens is 390 g/mol. The lowest BCUT2D eigenvalue weighted by Gasteiger charge is -2.32. The van der Waals surface area contributed by atoms with Crippen molar-refractivity contribution in [2.24, 2.45) is 0 Å². The van der Waals surface area contributed by atoms with Crippen molar-refractivity contribution in [3.05, 3.63) is 65.7 Å². The first-order chi connectivity index (χ1) is 13.8. The third-order valence-electron chi connectivity index (χ3n) is 5.03. The van der Waals surface area contributed by atoms with Gasteiger partial charge in [-0.15, -0.1) is 0 Å². The molecule has 29 heavy (non-hydrogen) atoms. The van der Waals surface area contributed by atoms with E-state index in [0.29, 0.717) is 37.1 Å². The van der Waals surface area contributed by atoms with Crippen molar-refractivity contribution in [1.29, 1.82) is 0 Å². The van der Waals surface area contributed by atoms with Crippen LogP contribution in [0, 0.1) is 0 Å². The summed E-state index contributed by atoms with van der Waals surface area (Å²) in [7, 11) is -0.583. The molecule has 8 heteroatoms. The fourth-order valence-corrected chi connectivity index (χ4v) is 4.15. The van der Waals surface area contributed by atoms with E-state index in [1.165, 1.54) is 26.2 Å². The Morgan fingerprint density at radius 3 is 2.07 bits per heavy atom. The number of nitrogens with zero attached hydrogens (tertiary/aromatic N) is 2. The topological polar surface area (TPSA) is 86.8 Å². The second kappa shape index (κ2) is 8.75. The Bertz CT molecular complexity index is 965. The molecule has 0 unspecified atom stereocenters. The molecule has 1 fully saturated rings. The van der Waals surface area contributed by atoms with E-state index in [4.69, 9.17) is 0 Å². The predicted molar refractivity (Wildman–Crippen MR) is 110 cm³/mol. The van der Waals surface area contributed by atoms with Gasteiger partial charge in [0.2, 0.25) is 10.0 Å². The van der Waals surface area contributed by atoms with Gasteiger partial charge in [-0.2, -0.15) is 0 Å². The van der Waals surface area contributed by atoms with E-state index in [1.54, 1.807) is 29.2 Å². The Kier molecular flexibility index (Phi) is 6.34. The van der Waals surface area contributed by atoms with Gasteiger partial charge in [-0.05, 0) is 49.2 Å². The quantitative estimate of drug-likeness (QED) is 0.809. The summed E-state index contributed by atoms with van der Waals surface area (Å²) in [6.45, 7) is 1.08. The molecule has 0 bridgehead atoms. The Labute approximate surface area is 171 Å². The molecule has 7 nitrogen and oxygen atoms in total. The number of benzene rings is 2. The molecule has 0 saturated carbocycles. The lowest BCUT2D eigenvalue weighted by Crippen LogP contribution is -2.46. The molecule has 1 aliphatic rings. The van der Waals surface area contributed by atoms with E-state index in [-0.39, 0.29) is 22.8 Å². The number of amides is 2. The maximum absolute atomic E-state index is 12.7. The number of sulfonamides is 1. The Morgan fingerprint density at radius 2 is 1.52 bits per heavy atom. The summed E-state index contributed by atoms with van der Waals surface area (Å²) in [5.41, 5.74) is 1.08. The van der Waals surface area contributed by atoms with Crippen LogP contribution in [-0.4, -0.2) is 62.7 Å². The largest absolute Gasteiger partial charge is 0.349 e. The van der Waals surface area contributed by atoms with Crippen LogP contribution in [0.5, 0.6) is 0 Å². The average molecular weight is 416 g/mol. The lowest BCUT2D eigenvalue weighted by atomic mass is 10.0. The van der Waals surface area contributed by atoms with Crippen molar-refractivity contribution in [1.82, 2.24) is 14.5 Å². The second-order valence-electron chi connectivity index (χ2n) is 7.22. The minimum atomic E-state index is -3.52. The maximum Gasteiger partial charge on any atom is 0.253 e. The van der Waals surface area contributed by atoms with Gasteiger partial charge < -0.3 is 10.2 Å². The van der Waals surface area contributed by atoms with Crippen LogP contribution in [-0.2, 0) is 10.0 Å². The number of hydrogen-bond acceptors (Lipinski definition) is 4. The second-order valence-corrected chi connectivity index (χ2v) is 9.37. The lowest BCUT2D eigenvalue weighted by molar-refractivity contribution is 0.0698. The van der Waals surface area contributed by atoms with Crippen LogP contribution in [0.25, 0.3) is 0 Å². The Hall–Kier alpha value is -2.71. The van der Waals surface area contributed by atoms with Crippen LogP contribution in [0.15, 0.2) is 59.5 Å². The van der Waals surface area contributed by atoms with Crippen LogP contribution in [0.3, 0.4) is 0 Å². The van der Waals surface area contributed by atoms with E-state index >= 15 is 0 Å². The van der Waals surface area contributed by atoms with Crippen LogP contribution in [0.1, 0.15) is 33.6 Å². The summed E-state index contributed by atoms with van der Waals surface area (Å²) in [5, 5.41) is 3.02. The van der Waals surface area contributed by atoms with Crippen molar-refractivity contribution < 1.29 is 18.0 Å². The number of nitrogens with one attached hydrogen (secondary N) is 1. The number of piperidine rings is 1.